The van der Waals surface area contributed by atoms with E-state index < -0.39 is 12.0 Å². The Bertz CT molecular complexity index is 286. The molecule has 0 saturated carbocycles. The number of carbonyl (C=O) groups is 2. The minimum Gasteiger partial charge on any atom is -0.480 e. The lowest BCUT2D eigenvalue weighted by atomic mass is 10.2. The Labute approximate surface area is 106 Å². The van der Waals surface area contributed by atoms with E-state index in [9.17, 15) is 9.59 Å². The number of carboxylic acid groups (broad SMARTS) is 1. The number of carbonyl (C=O) groups excluding carboxylic acids is 1. The molecule has 1 fully saturated rings. The Balaban J connectivity index is 2.50. The first-order valence-electron chi connectivity index (χ1n) is 5.89. The van der Waals surface area contributed by atoms with Crippen molar-refractivity contribution in [2.24, 2.45) is 0 Å². The van der Waals surface area contributed by atoms with Crippen molar-refractivity contribution in [3.8, 4) is 0 Å². The molecule has 0 aromatic heterocycles. The van der Waals surface area contributed by atoms with Crippen LogP contribution in [0, 0.1) is 0 Å². The summed E-state index contributed by atoms with van der Waals surface area (Å²) >= 11 is 1.59. The first-order chi connectivity index (χ1) is 8.06. The molecule has 0 radical (unpaired) electrons. The largest absolute Gasteiger partial charge is 0.480 e. The quantitative estimate of drug-likeness (QED) is 0.749. The second-order valence-electron chi connectivity index (χ2n) is 4.21. The fourth-order valence-electron chi connectivity index (χ4n) is 1.61. The summed E-state index contributed by atoms with van der Waals surface area (Å²) in [5, 5.41) is 12.2. The third kappa shape index (κ3) is 4.20. The second-order valence-corrected chi connectivity index (χ2v) is 5.36. The minimum absolute atomic E-state index is 0.113. The normalized spacial score (nSPS) is 22.2. The molecule has 5 nitrogen and oxygen atoms in total. The summed E-state index contributed by atoms with van der Waals surface area (Å²) in [4.78, 5) is 24.4. The number of amides is 1. The number of hydrogen-bond donors (Lipinski definition) is 2. The van der Waals surface area contributed by atoms with Crippen LogP contribution in [0.15, 0.2) is 0 Å². The zero-order valence-corrected chi connectivity index (χ0v) is 11.1. The number of aliphatic carboxylic acids is 1. The number of nitrogens with one attached hydrogen (secondary N) is 1. The Morgan fingerprint density at radius 1 is 1.59 bits per heavy atom. The van der Waals surface area contributed by atoms with E-state index >= 15 is 0 Å². The lowest BCUT2D eigenvalue weighted by Crippen LogP contribution is -2.53. The monoisotopic (exact) mass is 260 g/mol. The van der Waals surface area contributed by atoms with Crippen molar-refractivity contribution in [1.82, 2.24) is 10.2 Å². The number of nitrogens with zero attached hydrogens (tertiary/aromatic N) is 1. The van der Waals surface area contributed by atoms with Crippen LogP contribution < -0.4 is 5.32 Å². The molecule has 0 spiro atoms. The van der Waals surface area contributed by atoms with Gasteiger partial charge in [-0.25, -0.2) is 4.79 Å². The van der Waals surface area contributed by atoms with Gasteiger partial charge < -0.3 is 15.3 Å². The zero-order valence-electron chi connectivity index (χ0n) is 10.3. The highest BCUT2D eigenvalue weighted by atomic mass is 32.2. The van der Waals surface area contributed by atoms with E-state index in [0.29, 0.717) is 12.3 Å². The smallest absolute Gasteiger partial charge is 0.327 e. The van der Waals surface area contributed by atoms with Crippen molar-refractivity contribution in [3.05, 3.63) is 0 Å². The Morgan fingerprint density at radius 2 is 2.29 bits per heavy atom. The zero-order chi connectivity index (χ0) is 12.8. The van der Waals surface area contributed by atoms with Gasteiger partial charge in [0.25, 0.3) is 0 Å². The average molecular weight is 260 g/mol. The van der Waals surface area contributed by atoms with Crippen molar-refractivity contribution in [3.63, 3.8) is 0 Å². The summed E-state index contributed by atoms with van der Waals surface area (Å²) in [7, 11) is 0. The Kier molecular flexibility index (Phi) is 5.77. The molecule has 17 heavy (non-hydrogen) atoms. The van der Waals surface area contributed by atoms with E-state index in [1.807, 2.05) is 13.8 Å². The number of thioether (sulfide) groups is 1. The van der Waals surface area contributed by atoms with Crippen LogP contribution in [-0.2, 0) is 9.59 Å². The number of rotatable bonds is 5. The summed E-state index contributed by atoms with van der Waals surface area (Å²) in [6, 6.07) is -0.388. The van der Waals surface area contributed by atoms with Gasteiger partial charge in [0.2, 0.25) is 5.91 Å². The van der Waals surface area contributed by atoms with Gasteiger partial charge in [-0.1, -0.05) is 6.92 Å². The molecule has 1 heterocycles. The van der Waals surface area contributed by atoms with Crippen molar-refractivity contribution in [1.29, 1.82) is 0 Å². The third-order valence-electron chi connectivity index (χ3n) is 2.95. The standard InChI is InChI=1S/C11H20N2O3S/c1-3-8(2)12-6-10(14)13-4-5-17-7-9(13)11(15)16/h8-9,12H,3-7H2,1-2H3,(H,15,16). The van der Waals surface area contributed by atoms with Gasteiger partial charge in [-0.2, -0.15) is 11.8 Å². The molecule has 2 atom stereocenters. The van der Waals surface area contributed by atoms with Crippen molar-refractivity contribution in [2.75, 3.05) is 24.6 Å². The topological polar surface area (TPSA) is 69.6 Å². The van der Waals surface area contributed by atoms with Gasteiger partial charge in [-0.05, 0) is 13.3 Å². The molecule has 0 aromatic carbocycles. The predicted octanol–water partition coefficient (Wildman–Crippen LogP) is 0.403. The molecule has 1 saturated heterocycles. The fourth-order valence-corrected chi connectivity index (χ4v) is 2.65. The maximum atomic E-state index is 11.9. The molecule has 2 unspecified atom stereocenters. The molecule has 0 aliphatic carbocycles. The molecule has 98 valence electrons. The van der Waals surface area contributed by atoms with Gasteiger partial charge in [0.15, 0.2) is 0 Å². The molecule has 1 rings (SSSR count). The summed E-state index contributed by atoms with van der Waals surface area (Å²) in [6.45, 7) is 4.81. The highest BCUT2D eigenvalue weighted by Gasteiger charge is 2.31. The molecule has 0 bridgehead atoms. The van der Waals surface area contributed by atoms with E-state index in [-0.39, 0.29) is 18.5 Å². The van der Waals surface area contributed by atoms with Crippen molar-refractivity contribution >= 4 is 23.6 Å². The lowest BCUT2D eigenvalue weighted by Gasteiger charge is -2.33. The summed E-state index contributed by atoms with van der Waals surface area (Å²) in [5.74, 6) is 0.288. The van der Waals surface area contributed by atoms with Gasteiger partial charge in [0.1, 0.15) is 6.04 Å². The Hall–Kier alpha value is -0.750. The summed E-state index contributed by atoms with van der Waals surface area (Å²) < 4.78 is 0. The van der Waals surface area contributed by atoms with E-state index in [2.05, 4.69) is 5.32 Å². The molecular formula is C11H20N2O3S. The van der Waals surface area contributed by atoms with Crippen LogP contribution in [0.2, 0.25) is 0 Å². The Morgan fingerprint density at radius 3 is 2.88 bits per heavy atom. The van der Waals surface area contributed by atoms with Gasteiger partial charge in [-0.15, -0.1) is 0 Å². The molecule has 0 aromatic rings. The summed E-state index contributed by atoms with van der Waals surface area (Å²) in [6.07, 6.45) is 0.950. The van der Waals surface area contributed by atoms with E-state index in [4.69, 9.17) is 5.11 Å². The molecular weight excluding hydrogens is 240 g/mol. The van der Waals surface area contributed by atoms with Crippen LogP contribution >= 0.6 is 11.8 Å². The molecule has 2 N–H and O–H groups in total. The number of carboxylic acids is 1. The van der Waals surface area contributed by atoms with Crippen LogP contribution in [0.1, 0.15) is 20.3 Å². The van der Waals surface area contributed by atoms with Gasteiger partial charge in [-0.3, -0.25) is 4.79 Å². The molecule has 1 aliphatic heterocycles. The third-order valence-corrected chi connectivity index (χ3v) is 3.97. The van der Waals surface area contributed by atoms with Gasteiger partial charge >= 0.3 is 5.97 Å². The SMILES string of the molecule is CCC(C)NCC(=O)N1CCSCC1C(=O)O. The van der Waals surface area contributed by atoms with Crippen LogP contribution in [0.3, 0.4) is 0 Å². The second kappa shape index (κ2) is 6.86. The summed E-state index contributed by atoms with van der Waals surface area (Å²) in [5.41, 5.74) is 0. The van der Waals surface area contributed by atoms with Gasteiger partial charge in [0, 0.05) is 24.1 Å². The van der Waals surface area contributed by atoms with Crippen molar-refractivity contribution in [2.45, 2.75) is 32.4 Å². The van der Waals surface area contributed by atoms with E-state index in [1.165, 1.54) is 4.90 Å². The molecule has 6 heteroatoms. The van der Waals surface area contributed by atoms with E-state index in [0.717, 1.165) is 12.2 Å². The predicted molar refractivity (Wildman–Crippen MR) is 68.2 cm³/mol. The number of hydrogen-bond acceptors (Lipinski definition) is 4. The van der Waals surface area contributed by atoms with Crippen LogP contribution in [0.25, 0.3) is 0 Å². The fraction of sp³-hybridized carbons (Fsp3) is 0.818. The molecule has 1 amide bonds. The van der Waals surface area contributed by atoms with Crippen LogP contribution in [-0.4, -0.2) is 58.6 Å². The molecule has 1 aliphatic rings. The maximum Gasteiger partial charge on any atom is 0.327 e. The van der Waals surface area contributed by atoms with Crippen LogP contribution in [0.4, 0.5) is 0 Å². The van der Waals surface area contributed by atoms with Crippen molar-refractivity contribution < 1.29 is 14.7 Å². The highest BCUT2D eigenvalue weighted by molar-refractivity contribution is 7.99. The minimum atomic E-state index is -0.908. The lowest BCUT2D eigenvalue weighted by molar-refractivity contribution is -0.148. The van der Waals surface area contributed by atoms with Crippen LogP contribution in [0.5, 0.6) is 0 Å². The first kappa shape index (κ1) is 14.3. The van der Waals surface area contributed by atoms with E-state index in [1.54, 1.807) is 11.8 Å². The average Bonchev–Trinajstić information content (AvgIpc) is 2.35. The highest BCUT2D eigenvalue weighted by Crippen LogP contribution is 2.16. The van der Waals surface area contributed by atoms with Gasteiger partial charge in [0.05, 0.1) is 6.54 Å². The first-order valence-corrected chi connectivity index (χ1v) is 7.05. The maximum absolute atomic E-state index is 11.9.